The molecule has 0 radical (unpaired) electrons. The highest BCUT2D eigenvalue weighted by atomic mass is 16.1. The van der Waals surface area contributed by atoms with Crippen molar-refractivity contribution in [1.29, 1.82) is 0 Å². The van der Waals surface area contributed by atoms with Gasteiger partial charge in [0.25, 0.3) is 0 Å². The molecule has 0 unspecified atom stereocenters. The summed E-state index contributed by atoms with van der Waals surface area (Å²) in [5, 5.41) is 7.41. The number of benzene rings is 2. The lowest BCUT2D eigenvalue weighted by atomic mass is 10.2. The van der Waals surface area contributed by atoms with E-state index < -0.39 is 0 Å². The van der Waals surface area contributed by atoms with Crippen LogP contribution in [0.4, 0.5) is 0 Å². The molecule has 0 aliphatic rings. The van der Waals surface area contributed by atoms with Crippen LogP contribution in [0.2, 0.25) is 0 Å². The van der Waals surface area contributed by atoms with Gasteiger partial charge in [-0.3, -0.25) is 4.79 Å². The number of carbonyl (C=O) groups excluding carboxylic acids is 1. The largest absolute Gasteiger partial charge is 0.349 e. The number of carbonyl (C=O) groups is 1. The van der Waals surface area contributed by atoms with Crippen LogP contribution in [0.25, 0.3) is 17.1 Å². The van der Waals surface area contributed by atoms with Gasteiger partial charge in [0.15, 0.2) is 11.6 Å². The van der Waals surface area contributed by atoms with Gasteiger partial charge in [-0.05, 0) is 24.6 Å². The third-order valence-electron chi connectivity index (χ3n) is 3.45. The number of aryl methyl sites for hydroxylation is 1. The molecule has 5 nitrogen and oxygen atoms in total. The van der Waals surface area contributed by atoms with E-state index in [0.717, 1.165) is 16.8 Å². The molecule has 1 N–H and O–H groups in total. The van der Waals surface area contributed by atoms with Crippen molar-refractivity contribution in [3.05, 3.63) is 66.0 Å². The fourth-order valence-corrected chi connectivity index (χ4v) is 2.34. The van der Waals surface area contributed by atoms with E-state index in [-0.39, 0.29) is 5.91 Å². The Hall–Kier alpha value is -2.95. The van der Waals surface area contributed by atoms with Gasteiger partial charge in [-0.25, -0.2) is 9.67 Å². The highest BCUT2D eigenvalue weighted by Crippen LogP contribution is 2.18. The number of aromatic nitrogens is 3. The summed E-state index contributed by atoms with van der Waals surface area (Å²) in [6, 6.07) is 17.8. The lowest BCUT2D eigenvalue weighted by molar-refractivity contribution is -0.119. The molecule has 0 atom stereocenters. The molecular formula is C18H18N4O. The summed E-state index contributed by atoms with van der Waals surface area (Å²) in [5.41, 5.74) is 3.02. The molecule has 3 aromatic rings. The molecule has 0 saturated carbocycles. The maximum atomic E-state index is 11.2. The fraction of sp³-hybridized carbons (Fsp3) is 0.167. The summed E-state index contributed by atoms with van der Waals surface area (Å²) in [6.07, 6.45) is 0. The number of amides is 1. The first-order valence-electron chi connectivity index (χ1n) is 7.46. The molecule has 0 bridgehead atoms. The van der Waals surface area contributed by atoms with Gasteiger partial charge in [0, 0.05) is 12.5 Å². The van der Waals surface area contributed by atoms with Gasteiger partial charge in [-0.1, -0.05) is 42.5 Å². The van der Waals surface area contributed by atoms with E-state index >= 15 is 0 Å². The normalized spacial score (nSPS) is 10.5. The Morgan fingerprint density at radius 1 is 1.13 bits per heavy atom. The van der Waals surface area contributed by atoms with Crippen LogP contribution in [0.3, 0.4) is 0 Å². The number of nitrogens with one attached hydrogen (secondary N) is 1. The highest BCUT2D eigenvalue weighted by Gasteiger charge is 2.13. The number of rotatable bonds is 4. The van der Waals surface area contributed by atoms with Crippen molar-refractivity contribution >= 4 is 5.91 Å². The molecule has 1 amide bonds. The van der Waals surface area contributed by atoms with Crippen LogP contribution in [0, 0.1) is 6.92 Å². The molecule has 1 aromatic heterocycles. The zero-order valence-electron chi connectivity index (χ0n) is 13.2. The average molecular weight is 306 g/mol. The zero-order chi connectivity index (χ0) is 16.2. The minimum Gasteiger partial charge on any atom is -0.349 e. The Labute approximate surface area is 135 Å². The van der Waals surface area contributed by atoms with E-state index in [2.05, 4.69) is 15.4 Å². The monoisotopic (exact) mass is 306 g/mol. The second-order valence-corrected chi connectivity index (χ2v) is 5.38. The van der Waals surface area contributed by atoms with E-state index in [9.17, 15) is 4.79 Å². The smallest absolute Gasteiger partial charge is 0.217 e. The van der Waals surface area contributed by atoms with Crippen LogP contribution in [0.5, 0.6) is 0 Å². The SMILES string of the molecule is CC(=O)NCc1nc(-c2ccccc2)nn1-c1cccc(C)c1. The highest BCUT2D eigenvalue weighted by molar-refractivity contribution is 5.72. The number of hydrogen-bond acceptors (Lipinski definition) is 3. The van der Waals surface area contributed by atoms with Crippen molar-refractivity contribution in [2.75, 3.05) is 0 Å². The van der Waals surface area contributed by atoms with Crippen molar-refractivity contribution in [2.45, 2.75) is 20.4 Å². The lowest BCUT2D eigenvalue weighted by Gasteiger charge is -2.06. The molecule has 116 valence electrons. The molecule has 3 rings (SSSR count). The van der Waals surface area contributed by atoms with Crippen LogP contribution in [0.1, 0.15) is 18.3 Å². The summed E-state index contributed by atoms with van der Waals surface area (Å²) < 4.78 is 1.78. The van der Waals surface area contributed by atoms with Gasteiger partial charge in [-0.2, -0.15) is 0 Å². The van der Waals surface area contributed by atoms with Crippen molar-refractivity contribution in [2.24, 2.45) is 0 Å². The van der Waals surface area contributed by atoms with Crippen molar-refractivity contribution in [1.82, 2.24) is 20.1 Å². The second kappa shape index (κ2) is 6.44. The predicted octanol–water partition coefficient (Wildman–Crippen LogP) is 2.88. The van der Waals surface area contributed by atoms with Crippen molar-refractivity contribution < 1.29 is 4.79 Å². The summed E-state index contributed by atoms with van der Waals surface area (Å²) in [4.78, 5) is 15.8. The third-order valence-corrected chi connectivity index (χ3v) is 3.45. The van der Waals surface area contributed by atoms with E-state index in [1.54, 1.807) is 4.68 Å². The van der Waals surface area contributed by atoms with E-state index in [1.807, 2.05) is 61.5 Å². The zero-order valence-corrected chi connectivity index (χ0v) is 13.2. The summed E-state index contributed by atoms with van der Waals surface area (Å²) in [5.74, 6) is 1.25. The van der Waals surface area contributed by atoms with Gasteiger partial charge in [0.1, 0.15) is 0 Å². The van der Waals surface area contributed by atoms with E-state index in [1.165, 1.54) is 6.92 Å². The van der Waals surface area contributed by atoms with Crippen molar-refractivity contribution in [3.63, 3.8) is 0 Å². The molecule has 0 aliphatic carbocycles. The van der Waals surface area contributed by atoms with Gasteiger partial charge in [0.2, 0.25) is 5.91 Å². The van der Waals surface area contributed by atoms with E-state index in [4.69, 9.17) is 0 Å². The van der Waals surface area contributed by atoms with Crippen LogP contribution >= 0.6 is 0 Å². The summed E-state index contributed by atoms with van der Waals surface area (Å²) in [6.45, 7) is 3.86. The molecule has 0 fully saturated rings. The minimum absolute atomic E-state index is 0.0925. The van der Waals surface area contributed by atoms with Gasteiger partial charge in [0.05, 0.1) is 12.2 Å². The van der Waals surface area contributed by atoms with Crippen LogP contribution in [0.15, 0.2) is 54.6 Å². The Kier molecular flexibility index (Phi) is 4.19. The van der Waals surface area contributed by atoms with Gasteiger partial charge in [-0.15, -0.1) is 5.10 Å². The maximum Gasteiger partial charge on any atom is 0.217 e. The Bertz CT molecular complexity index is 824. The Balaban J connectivity index is 2.05. The topological polar surface area (TPSA) is 59.8 Å². The van der Waals surface area contributed by atoms with Crippen LogP contribution in [-0.2, 0) is 11.3 Å². The van der Waals surface area contributed by atoms with Crippen LogP contribution < -0.4 is 5.32 Å². The fourth-order valence-electron chi connectivity index (χ4n) is 2.34. The third kappa shape index (κ3) is 3.45. The van der Waals surface area contributed by atoms with Gasteiger partial charge >= 0.3 is 0 Å². The first-order chi connectivity index (χ1) is 11.1. The molecular weight excluding hydrogens is 288 g/mol. The quantitative estimate of drug-likeness (QED) is 0.806. The average Bonchev–Trinajstić information content (AvgIpc) is 2.98. The number of nitrogens with zero attached hydrogens (tertiary/aromatic N) is 3. The molecule has 23 heavy (non-hydrogen) atoms. The molecule has 1 heterocycles. The van der Waals surface area contributed by atoms with Crippen molar-refractivity contribution in [3.8, 4) is 17.1 Å². The molecule has 0 saturated heterocycles. The Morgan fingerprint density at radius 3 is 2.61 bits per heavy atom. The Morgan fingerprint density at radius 2 is 1.91 bits per heavy atom. The van der Waals surface area contributed by atoms with Crippen LogP contribution in [-0.4, -0.2) is 20.7 Å². The lowest BCUT2D eigenvalue weighted by Crippen LogP contribution is -2.21. The molecule has 2 aromatic carbocycles. The molecule has 0 spiro atoms. The standard InChI is InChI=1S/C18H18N4O/c1-13-7-6-10-16(11-13)22-17(12-19-14(2)23)20-18(21-22)15-8-4-3-5-9-15/h3-11H,12H2,1-2H3,(H,19,23). The maximum absolute atomic E-state index is 11.2. The molecule has 5 heteroatoms. The second-order valence-electron chi connectivity index (χ2n) is 5.38. The first kappa shape index (κ1) is 15.0. The first-order valence-corrected chi connectivity index (χ1v) is 7.46. The van der Waals surface area contributed by atoms with Gasteiger partial charge < -0.3 is 5.32 Å². The minimum atomic E-state index is -0.0925. The summed E-state index contributed by atoms with van der Waals surface area (Å²) in [7, 11) is 0. The van der Waals surface area contributed by atoms with E-state index in [0.29, 0.717) is 18.2 Å². The number of hydrogen-bond donors (Lipinski definition) is 1. The summed E-state index contributed by atoms with van der Waals surface area (Å²) >= 11 is 0. The predicted molar refractivity (Wildman–Crippen MR) is 89.1 cm³/mol. The molecule has 0 aliphatic heterocycles.